The molecule has 9 aliphatic heterocycles. The molecule has 0 aromatic rings. The zero-order valence-electron chi connectivity index (χ0n) is 61.9. The topological polar surface area (TPSA) is 840 Å². The van der Waals surface area contributed by atoms with E-state index in [-0.39, 0.29) is 0 Å². The Bertz CT molecular complexity index is 3340. The van der Waals surface area contributed by atoms with Crippen LogP contribution < -0.4 is 21.3 Å². The van der Waals surface area contributed by atoms with Crippen molar-refractivity contribution >= 4 is 40.0 Å². The van der Waals surface area contributed by atoms with Crippen LogP contribution in [0.2, 0.25) is 0 Å². The predicted octanol–water partition coefficient (Wildman–Crippen LogP) is -20.7. The third kappa shape index (κ3) is 21.9. The summed E-state index contributed by atoms with van der Waals surface area (Å²) in [5, 5.41) is 278. The molecule has 45 atom stereocenters. The zero-order chi connectivity index (χ0) is 86.6. The van der Waals surface area contributed by atoms with E-state index in [4.69, 9.17) is 85.1 Å². The Morgan fingerprint density at radius 3 is 1.01 bits per heavy atom. The lowest BCUT2D eigenvalue weighted by Gasteiger charge is -2.51. The first kappa shape index (κ1) is 96.4. The maximum atomic E-state index is 13.1. The molecule has 55 heteroatoms. The summed E-state index contributed by atoms with van der Waals surface area (Å²) in [6.45, 7) is -5.50. The first-order valence-electron chi connectivity index (χ1n) is 36.3. The van der Waals surface area contributed by atoms with Gasteiger partial charge in [-0.15, -0.1) is 0 Å². The van der Waals surface area contributed by atoms with E-state index in [0.717, 1.165) is 27.7 Å². The summed E-state index contributed by atoms with van der Waals surface area (Å²) in [4.78, 5) is 63.3. The highest BCUT2D eigenvalue weighted by atomic mass is 32.3. The molecular formula is C62H102N4O50S. The van der Waals surface area contributed by atoms with E-state index in [0.29, 0.717) is 0 Å². The van der Waals surface area contributed by atoms with Crippen molar-refractivity contribution in [2.24, 2.45) is 0 Å². The second kappa shape index (κ2) is 41.4. The van der Waals surface area contributed by atoms with Crippen molar-refractivity contribution < 1.29 is 244 Å². The Labute approximate surface area is 660 Å². The van der Waals surface area contributed by atoms with Crippen LogP contribution in [0.3, 0.4) is 0 Å². The molecule has 0 aromatic carbocycles. The Kier molecular flexibility index (Phi) is 34.1. The van der Waals surface area contributed by atoms with Crippen LogP contribution in [0.25, 0.3) is 0 Å². The molecular weight excluding hydrogens is 1630 g/mol. The van der Waals surface area contributed by atoms with Gasteiger partial charge in [-0.2, -0.15) is 8.42 Å². The van der Waals surface area contributed by atoms with Crippen molar-refractivity contribution in [1.29, 1.82) is 0 Å². The average Bonchev–Trinajstić information content (AvgIpc) is 0.768. The summed E-state index contributed by atoms with van der Waals surface area (Å²) < 4.78 is 135. The standard InChI is InChI=1S/C62H102N4O50S/c1-13(74)63-25-35(84)45(21(9-71)100-53(25)94)108-56-27(65-15(3)76)36(85)47(22(10-72)105-56)110-60-44(93)49(33(82)24(107-60)12-99-61-51(39(88)30(79)18(6-68)103-61)114-55-26(64-14(2)75)34(83)29(78)17(5-67)101-55)112-62-52(40(89)31(80)19(7-69)104-62)115-57-28(66-16(4)77)37(86)46(23(11-73)106-57)109-59-43(92)48(32(81)20(8-70)102-59)111-58-42(91)38(87)41(90)50(113-58)54(95)116-117(96,97)98/h17-53,55-62,67-73,78-94H,5-12H2,1-4H3,(H,63,74)(H,64,75)(H,65,76)(H,66,77)(H,96,97,98)/t17-,18-,19-,20-,21-,22-,23-,24-,25-,26-,27-,28-,29-,30-,31-,32+,33-,34-,35-,36-,37-,38+,39+,40+,41+,42-,43-,44+,45-,46-,47-,48+,49+,50+,51+,52+,53-,55+,56+,57+,58-,59+,60+,61+,62-/m1/s1. The molecule has 9 saturated heterocycles. The quantitative estimate of drug-likeness (QED) is 0.0297. The van der Waals surface area contributed by atoms with Gasteiger partial charge in [0.15, 0.2) is 62.7 Å². The number of rotatable bonds is 30. The zero-order valence-corrected chi connectivity index (χ0v) is 62.7. The van der Waals surface area contributed by atoms with E-state index in [1.54, 1.807) is 0 Å². The summed E-state index contributed by atoms with van der Waals surface area (Å²) in [7, 11) is -5.62. The minimum absolute atomic E-state index is 0.800. The predicted molar refractivity (Wildman–Crippen MR) is 354 cm³/mol. The number of nitrogens with one attached hydrogen (secondary N) is 4. The first-order valence-corrected chi connectivity index (χ1v) is 37.7. The molecule has 0 saturated carbocycles. The van der Waals surface area contributed by atoms with Crippen LogP contribution >= 0.6 is 0 Å². The molecule has 9 heterocycles. The minimum atomic E-state index is -5.62. The summed E-state index contributed by atoms with van der Waals surface area (Å²) in [6, 6.07) is -7.48. The van der Waals surface area contributed by atoms with E-state index in [9.17, 15) is 155 Å². The lowest BCUT2D eigenvalue weighted by molar-refractivity contribution is -0.399. The maximum absolute atomic E-state index is 13.1. The lowest BCUT2D eigenvalue weighted by atomic mass is 9.93. The Morgan fingerprint density at radius 2 is 0.581 bits per heavy atom. The summed E-state index contributed by atoms with van der Waals surface area (Å²) in [6.07, 6.45) is -90.6. The molecule has 676 valence electrons. The molecule has 117 heavy (non-hydrogen) atoms. The molecule has 29 N–H and O–H groups in total. The summed E-state index contributed by atoms with van der Waals surface area (Å²) in [5.41, 5.74) is 0. The van der Waals surface area contributed by atoms with Gasteiger partial charge in [0, 0.05) is 27.7 Å². The van der Waals surface area contributed by atoms with Crippen molar-refractivity contribution in [3.8, 4) is 0 Å². The minimum Gasteiger partial charge on any atom is -0.394 e. The normalized spacial score (nSPS) is 47.4. The van der Waals surface area contributed by atoms with Gasteiger partial charge in [-0.1, -0.05) is 0 Å². The van der Waals surface area contributed by atoms with Crippen LogP contribution in [0.1, 0.15) is 27.7 Å². The van der Waals surface area contributed by atoms with Crippen molar-refractivity contribution in [3.05, 3.63) is 0 Å². The monoisotopic (exact) mass is 1730 g/mol. The maximum Gasteiger partial charge on any atom is 0.449 e. The SMILES string of the molecule is CC(=O)N[C@@H]1[C@@H](O)[C@H](O[C@@H]2O[C@H](CO)[C@@H](O[C@@H]3O[C@H](CO[C@H]4O[C@H](CO)[C@@H](O)[C@H](O)[C@@H]4O[C@@H]4O[C@H](CO)[C@@H](O)[C@H](O)[C@H]4NC(C)=O)[C@@H](O)[C@H](O[C@H]4O[C@H](CO)[C@@H](O)[C@H](O)[C@@H]4O[C@@H]4O[C@H](CO)[C@@H](O[C@@H]5O[C@H](CO)[C@H](O)[C@H](O[C@@H]6O[C@H](C(=O)OS(=O)(=O)O)[C@@H](O)[C@H](O)[C@H]6O)[C@H]5O)[C@H](O)[C@H]4NC(C)=O)[C@@H]3O)[C@H](O)[C@H]2NC(C)=O)[C@@H](CO)O[C@H]1O. The third-order valence-electron chi connectivity index (χ3n) is 20.5. The van der Waals surface area contributed by atoms with E-state index in [1.165, 1.54) is 0 Å². The van der Waals surface area contributed by atoms with E-state index in [1.807, 2.05) is 0 Å². The van der Waals surface area contributed by atoms with Crippen LogP contribution in [0.5, 0.6) is 0 Å². The number of aliphatic hydroxyl groups is 24. The number of aliphatic hydroxyl groups excluding tert-OH is 24. The van der Waals surface area contributed by atoms with Gasteiger partial charge in [0.2, 0.25) is 23.6 Å². The fraction of sp³-hybridized carbons (Fsp3) is 0.919. The van der Waals surface area contributed by atoms with Gasteiger partial charge < -0.3 is 229 Å². The number of carbonyl (C=O) groups excluding carboxylic acids is 5. The third-order valence-corrected chi connectivity index (χ3v) is 20.9. The Balaban J connectivity index is 1.04. The Morgan fingerprint density at radius 1 is 0.282 bits per heavy atom. The summed E-state index contributed by atoms with van der Waals surface area (Å²) in [5.74, 6) is -5.77. The van der Waals surface area contributed by atoms with Crippen molar-refractivity contribution in [1.82, 2.24) is 21.3 Å². The molecule has 0 unspecified atom stereocenters. The van der Waals surface area contributed by atoms with Crippen LogP contribution in [0, 0.1) is 0 Å². The highest BCUT2D eigenvalue weighted by Gasteiger charge is 2.62. The number of hydrogen-bond donors (Lipinski definition) is 29. The second-order valence-electron chi connectivity index (χ2n) is 28.7. The highest BCUT2D eigenvalue weighted by molar-refractivity contribution is 7.81. The largest absolute Gasteiger partial charge is 0.449 e. The first-order chi connectivity index (χ1) is 55.1. The van der Waals surface area contributed by atoms with E-state index < -0.39 is 369 Å². The lowest BCUT2D eigenvalue weighted by Crippen LogP contribution is -2.71. The molecule has 9 aliphatic rings. The Hall–Kier alpha value is -4.38. The van der Waals surface area contributed by atoms with Crippen LogP contribution in [0.4, 0.5) is 0 Å². The van der Waals surface area contributed by atoms with Gasteiger partial charge in [0.1, 0.15) is 213 Å². The van der Waals surface area contributed by atoms with Gasteiger partial charge in [-0.25, -0.2) is 4.79 Å². The molecule has 0 bridgehead atoms. The molecule has 0 aliphatic carbocycles. The molecule has 0 radical (unpaired) electrons. The molecule has 4 amide bonds. The molecule has 9 fully saturated rings. The van der Waals surface area contributed by atoms with Crippen LogP contribution in [-0.4, -0.2) is 494 Å². The van der Waals surface area contributed by atoms with Crippen LogP contribution in [0.15, 0.2) is 0 Å². The van der Waals surface area contributed by atoms with Crippen molar-refractivity contribution in [2.45, 2.75) is 304 Å². The smallest absolute Gasteiger partial charge is 0.394 e. The number of carbonyl (C=O) groups is 5. The van der Waals surface area contributed by atoms with Crippen LogP contribution in [-0.2, 0) is 119 Å². The van der Waals surface area contributed by atoms with E-state index in [2.05, 4.69) is 25.5 Å². The molecule has 9 rings (SSSR count). The molecule has 0 aromatic heterocycles. The van der Waals surface area contributed by atoms with Gasteiger partial charge >= 0.3 is 16.4 Å². The number of ether oxygens (including phenoxy) is 17. The summed E-state index contributed by atoms with van der Waals surface area (Å²) >= 11 is 0. The van der Waals surface area contributed by atoms with Gasteiger partial charge in [-0.05, 0) is 0 Å². The van der Waals surface area contributed by atoms with E-state index >= 15 is 0 Å². The van der Waals surface area contributed by atoms with Gasteiger partial charge in [0.25, 0.3) is 0 Å². The van der Waals surface area contributed by atoms with Crippen molar-refractivity contribution in [3.63, 3.8) is 0 Å². The molecule has 0 spiro atoms. The fourth-order valence-corrected chi connectivity index (χ4v) is 14.9. The van der Waals surface area contributed by atoms with Gasteiger partial charge in [0.05, 0.1) is 52.9 Å². The number of amides is 4. The second-order valence-corrected chi connectivity index (χ2v) is 29.7. The number of hydrogen-bond acceptors (Lipinski definition) is 49. The van der Waals surface area contributed by atoms with Crippen molar-refractivity contribution in [2.75, 3.05) is 52.9 Å². The average molecular weight is 1740 g/mol. The highest BCUT2D eigenvalue weighted by Crippen LogP contribution is 2.40. The molecule has 54 nitrogen and oxygen atoms in total. The fourth-order valence-electron chi connectivity index (χ4n) is 14.6. The van der Waals surface area contributed by atoms with Gasteiger partial charge in [-0.3, -0.25) is 23.7 Å².